The van der Waals surface area contributed by atoms with Crippen molar-refractivity contribution >= 4 is 11.4 Å². The van der Waals surface area contributed by atoms with E-state index in [4.69, 9.17) is 10.5 Å². The summed E-state index contributed by atoms with van der Waals surface area (Å²) in [4.78, 5) is 7.21. The Hall–Kier alpha value is -1.46. The molecule has 118 valence electrons. The number of nitrogens with zero attached hydrogens (tertiary/aromatic N) is 3. The predicted octanol–water partition coefficient (Wildman–Crippen LogP) is 1.35. The molecule has 0 atom stereocenters. The highest BCUT2D eigenvalue weighted by Crippen LogP contribution is 2.26. The zero-order valence-electron chi connectivity index (χ0n) is 13.5. The van der Waals surface area contributed by atoms with Gasteiger partial charge in [-0.25, -0.2) is 0 Å². The summed E-state index contributed by atoms with van der Waals surface area (Å²) in [6, 6.07) is 5.96. The van der Waals surface area contributed by atoms with Crippen molar-refractivity contribution in [1.82, 2.24) is 9.80 Å². The van der Waals surface area contributed by atoms with Gasteiger partial charge < -0.3 is 25.2 Å². The molecule has 0 aromatic heterocycles. The number of anilines is 2. The lowest BCUT2D eigenvalue weighted by Crippen LogP contribution is -2.45. The molecule has 5 nitrogen and oxygen atoms in total. The molecule has 0 saturated carbocycles. The molecule has 0 aliphatic carbocycles. The van der Waals surface area contributed by atoms with Crippen LogP contribution in [0.25, 0.3) is 0 Å². The van der Waals surface area contributed by atoms with Gasteiger partial charge in [-0.3, -0.25) is 0 Å². The topological polar surface area (TPSA) is 45.0 Å². The van der Waals surface area contributed by atoms with E-state index in [0.29, 0.717) is 5.69 Å². The van der Waals surface area contributed by atoms with E-state index in [-0.39, 0.29) is 0 Å². The Morgan fingerprint density at radius 2 is 1.95 bits per heavy atom. The van der Waals surface area contributed by atoms with Crippen LogP contribution in [0.15, 0.2) is 18.2 Å². The van der Waals surface area contributed by atoms with E-state index in [1.165, 1.54) is 39.1 Å². The van der Waals surface area contributed by atoms with E-state index in [2.05, 4.69) is 28.8 Å². The van der Waals surface area contributed by atoms with Crippen molar-refractivity contribution in [2.45, 2.75) is 6.42 Å². The summed E-state index contributed by atoms with van der Waals surface area (Å²) in [7, 11) is 5.97. The van der Waals surface area contributed by atoms with Crippen molar-refractivity contribution < 1.29 is 4.74 Å². The molecule has 21 heavy (non-hydrogen) atoms. The number of methoxy groups -OCH3 is 1. The number of nitrogens with two attached hydrogens (primary N) is 1. The first-order valence-corrected chi connectivity index (χ1v) is 7.65. The molecular formula is C16H28N4O. The maximum Gasteiger partial charge on any atom is 0.143 e. The molecule has 0 radical (unpaired) electrons. The third-order valence-corrected chi connectivity index (χ3v) is 4.22. The van der Waals surface area contributed by atoms with Crippen LogP contribution in [0.3, 0.4) is 0 Å². The largest absolute Gasteiger partial charge is 0.495 e. The van der Waals surface area contributed by atoms with Crippen LogP contribution in [0, 0.1) is 0 Å². The van der Waals surface area contributed by atoms with Crippen LogP contribution >= 0.6 is 0 Å². The Kier molecular flexibility index (Phi) is 5.70. The van der Waals surface area contributed by atoms with Crippen LogP contribution in [0.4, 0.5) is 11.4 Å². The molecule has 0 bridgehead atoms. The summed E-state index contributed by atoms with van der Waals surface area (Å²) in [5, 5.41) is 0. The summed E-state index contributed by atoms with van der Waals surface area (Å²) < 4.78 is 5.28. The number of likely N-dealkylation sites (N-methyl/N-ethyl adjacent to an activating group) is 1. The number of hydrogen-bond donors (Lipinski definition) is 1. The minimum atomic E-state index is 0.687. The highest BCUT2D eigenvalue weighted by molar-refractivity contribution is 5.62. The number of piperazine rings is 1. The molecule has 1 aliphatic rings. The predicted molar refractivity (Wildman–Crippen MR) is 89.2 cm³/mol. The van der Waals surface area contributed by atoms with Crippen LogP contribution < -0.4 is 15.4 Å². The van der Waals surface area contributed by atoms with E-state index in [1.54, 1.807) is 7.11 Å². The van der Waals surface area contributed by atoms with Gasteiger partial charge in [-0.05, 0) is 32.1 Å². The van der Waals surface area contributed by atoms with Crippen molar-refractivity contribution in [3.8, 4) is 5.75 Å². The fourth-order valence-electron chi connectivity index (χ4n) is 2.67. The Morgan fingerprint density at radius 1 is 1.24 bits per heavy atom. The molecule has 0 amide bonds. The lowest BCUT2D eigenvalue weighted by molar-refractivity contribution is 0.153. The Balaban J connectivity index is 1.78. The zero-order chi connectivity index (χ0) is 15.2. The van der Waals surface area contributed by atoms with Crippen molar-refractivity contribution in [3.63, 3.8) is 0 Å². The second-order valence-electron chi connectivity index (χ2n) is 5.85. The van der Waals surface area contributed by atoms with Gasteiger partial charge in [0.25, 0.3) is 0 Å². The van der Waals surface area contributed by atoms with Crippen molar-refractivity contribution in [3.05, 3.63) is 18.2 Å². The maximum atomic E-state index is 5.85. The molecule has 0 spiro atoms. The van der Waals surface area contributed by atoms with Gasteiger partial charge >= 0.3 is 0 Å². The molecule has 2 N–H and O–H groups in total. The Bertz CT molecular complexity index is 444. The minimum absolute atomic E-state index is 0.687. The van der Waals surface area contributed by atoms with Crippen molar-refractivity contribution in [2.24, 2.45) is 0 Å². The first-order chi connectivity index (χ1) is 10.1. The van der Waals surface area contributed by atoms with Crippen LogP contribution in [-0.2, 0) is 0 Å². The van der Waals surface area contributed by atoms with E-state index >= 15 is 0 Å². The van der Waals surface area contributed by atoms with E-state index in [0.717, 1.165) is 18.0 Å². The third-order valence-electron chi connectivity index (χ3n) is 4.22. The minimum Gasteiger partial charge on any atom is -0.495 e. The average molecular weight is 292 g/mol. The number of hydrogen-bond acceptors (Lipinski definition) is 5. The van der Waals surface area contributed by atoms with E-state index in [1.807, 2.05) is 18.2 Å². The molecule has 1 aromatic rings. The zero-order valence-corrected chi connectivity index (χ0v) is 13.5. The second-order valence-corrected chi connectivity index (χ2v) is 5.85. The average Bonchev–Trinajstić information content (AvgIpc) is 2.49. The molecule has 0 unspecified atom stereocenters. The molecule has 2 rings (SSSR count). The highest BCUT2D eigenvalue weighted by Gasteiger charge is 2.13. The number of ether oxygens (including phenoxy) is 1. The Morgan fingerprint density at radius 3 is 2.62 bits per heavy atom. The molecular weight excluding hydrogens is 264 g/mol. The van der Waals surface area contributed by atoms with Gasteiger partial charge in [0.2, 0.25) is 0 Å². The number of nitrogen functional groups attached to an aromatic ring is 1. The van der Waals surface area contributed by atoms with Gasteiger partial charge in [0.15, 0.2) is 0 Å². The number of rotatable bonds is 6. The van der Waals surface area contributed by atoms with Crippen LogP contribution in [-0.4, -0.2) is 70.3 Å². The SMILES string of the molecule is COc1cc(N(C)CCCN2CCN(C)CC2)ccc1N. The lowest BCUT2D eigenvalue weighted by Gasteiger charge is -2.32. The van der Waals surface area contributed by atoms with Crippen molar-refractivity contribution in [1.29, 1.82) is 0 Å². The van der Waals surface area contributed by atoms with Gasteiger partial charge in [-0.15, -0.1) is 0 Å². The van der Waals surface area contributed by atoms with Gasteiger partial charge in [0.05, 0.1) is 12.8 Å². The second kappa shape index (κ2) is 7.52. The number of benzene rings is 1. The molecule has 1 heterocycles. The summed E-state index contributed by atoms with van der Waals surface area (Å²) in [5.74, 6) is 0.749. The highest BCUT2D eigenvalue weighted by atomic mass is 16.5. The van der Waals surface area contributed by atoms with Crippen LogP contribution in [0.1, 0.15) is 6.42 Å². The molecule has 1 aliphatic heterocycles. The van der Waals surface area contributed by atoms with E-state index in [9.17, 15) is 0 Å². The normalized spacial score (nSPS) is 16.9. The molecule has 1 fully saturated rings. The first kappa shape index (κ1) is 15.9. The van der Waals surface area contributed by atoms with Gasteiger partial charge in [0, 0.05) is 51.5 Å². The quantitative estimate of drug-likeness (QED) is 0.802. The van der Waals surface area contributed by atoms with Gasteiger partial charge in [-0.1, -0.05) is 0 Å². The summed E-state index contributed by atoms with van der Waals surface area (Å²) in [5.41, 5.74) is 7.69. The summed E-state index contributed by atoms with van der Waals surface area (Å²) in [6.07, 6.45) is 1.17. The Labute approximate surface area is 128 Å². The fourth-order valence-corrected chi connectivity index (χ4v) is 2.67. The molecule has 1 aromatic carbocycles. The fraction of sp³-hybridized carbons (Fsp3) is 0.625. The lowest BCUT2D eigenvalue weighted by atomic mass is 10.2. The van der Waals surface area contributed by atoms with Gasteiger partial charge in [0.1, 0.15) is 5.75 Å². The monoisotopic (exact) mass is 292 g/mol. The summed E-state index contributed by atoms with van der Waals surface area (Å²) in [6.45, 7) is 6.96. The smallest absolute Gasteiger partial charge is 0.143 e. The van der Waals surface area contributed by atoms with Crippen LogP contribution in [0.5, 0.6) is 5.75 Å². The first-order valence-electron chi connectivity index (χ1n) is 7.65. The standard InChI is InChI=1S/C16H28N4O/c1-18-9-11-20(12-10-18)8-4-7-19(2)14-5-6-15(17)16(13-14)21-3/h5-6,13H,4,7-12,17H2,1-3H3. The van der Waals surface area contributed by atoms with Crippen molar-refractivity contribution in [2.75, 3.05) is 71.1 Å². The molecule has 1 saturated heterocycles. The maximum absolute atomic E-state index is 5.85. The van der Waals surface area contributed by atoms with Crippen LogP contribution in [0.2, 0.25) is 0 Å². The van der Waals surface area contributed by atoms with Gasteiger partial charge in [-0.2, -0.15) is 0 Å². The summed E-state index contributed by atoms with van der Waals surface area (Å²) >= 11 is 0. The third kappa shape index (κ3) is 4.51. The van der Waals surface area contributed by atoms with E-state index < -0.39 is 0 Å². The molecule has 5 heteroatoms.